The Morgan fingerprint density at radius 1 is 0.758 bits per heavy atom. The van der Waals surface area contributed by atoms with Gasteiger partial charge in [0.05, 0.1) is 22.2 Å². The van der Waals surface area contributed by atoms with Gasteiger partial charge in [0.25, 0.3) is 0 Å². The van der Waals surface area contributed by atoms with Gasteiger partial charge in [0.2, 0.25) is 0 Å². The molecule has 2 aromatic carbocycles. The Kier molecular flexibility index (Phi) is 4.40. The smallest absolute Gasteiger partial charge is 0.141 e. The molecule has 0 fully saturated rings. The Morgan fingerprint density at radius 2 is 1.55 bits per heavy atom. The average molecular weight is 428 g/mol. The van der Waals surface area contributed by atoms with E-state index in [1.54, 1.807) is 12.5 Å². The van der Waals surface area contributed by atoms with Gasteiger partial charge in [-0.2, -0.15) is 0 Å². The van der Waals surface area contributed by atoms with E-state index in [1.807, 2.05) is 43.5 Å². The molecule has 0 spiro atoms. The summed E-state index contributed by atoms with van der Waals surface area (Å²) in [6.07, 6.45) is 11.3. The van der Waals surface area contributed by atoms with Crippen LogP contribution in [-0.2, 0) is 0 Å². The molecule has 0 saturated carbocycles. The Balaban J connectivity index is 1.93. The number of aromatic nitrogens is 5. The summed E-state index contributed by atoms with van der Waals surface area (Å²) in [5.41, 5.74) is 5.37. The van der Waals surface area contributed by atoms with Crippen molar-refractivity contribution in [2.24, 2.45) is 0 Å². The van der Waals surface area contributed by atoms with Gasteiger partial charge in [0.1, 0.15) is 18.0 Å². The minimum absolute atomic E-state index is 0.797. The SMILES string of the molecule is C=Cc1c(/C=C\C)c2ccc3c4ccccc4n(-c4ccccn4)c3c2n1-c1ccncn1. The van der Waals surface area contributed by atoms with Crippen LogP contribution in [0.3, 0.4) is 0 Å². The lowest BCUT2D eigenvalue weighted by molar-refractivity contribution is 0.997. The molecule has 0 unspecified atom stereocenters. The van der Waals surface area contributed by atoms with Crippen LogP contribution in [0, 0.1) is 0 Å². The summed E-state index contributed by atoms with van der Waals surface area (Å²) in [7, 11) is 0. The molecule has 4 aromatic heterocycles. The normalized spacial score (nSPS) is 11.8. The third-order valence-electron chi connectivity index (χ3n) is 6.04. The van der Waals surface area contributed by atoms with Gasteiger partial charge in [-0.05, 0) is 37.3 Å². The highest BCUT2D eigenvalue weighted by Gasteiger charge is 2.22. The summed E-state index contributed by atoms with van der Waals surface area (Å²) in [6.45, 7) is 6.17. The molecule has 0 aliphatic carbocycles. The monoisotopic (exact) mass is 427 g/mol. The maximum atomic E-state index is 4.71. The van der Waals surface area contributed by atoms with Gasteiger partial charge in [-0.15, -0.1) is 0 Å². The summed E-state index contributed by atoms with van der Waals surface area (Å²) in [6, 6.07) is 20.8. The van der Waals surface area contributed by atoms with Crippen molar-refractivity contribution in [3.8, 4) is 11.6 Å². The van der Waals surface area contributed by atoms with Crippen LogP contribution in [0.25, 0.3) is 56.5 Å². The van der Waals surface area contributed by atoms with Crippen molar-refractivity contribution in [2.45, 2.75) is 6.92 Å². The number of nitrogens with zero attached hydrogens (tertiary/aromatic N) is 5. The van der Waals surface area contributed by atoms with Crippen LogP contribution in [0.1, 0.15) is 18.2 Å². The first-order valence-corrected chi connectivity index (χ1v) is 10.9. The van der Waals surface area contributed by atoms with Gasteiger partial charge in [0, 0.05) is 34.1 Å². The van der Waals surface area contributed by atoms with Crippen LogP contribution in [0.4, 0.5) is 0 Å². The van der Waals surface area contributed by atoms with Crippen LogP contribution >= 0.6 is 0 Å². The van der Waals surface area contributed by atoms with Crippen LogP contribution in [0.5, 0.6) is 0 Å². The fraction of sp³-hybridized carbons (Fsp3) is 0.0357. The van der Waals surface area contributed by atoms with Crippen molar-refractivity contribution in [3.63, 3.8) is 0 Å². The van der Waals surface area contributed by atoms with E-state index in [2.05, 4.69) is 74.2 Å². The van der Waals surface area contributed by atoms with Gasteiger partial charge in [0.15, 0.2) is 0 Å². The topological polar surface area (TPSA) is 48.5 Å². The van der Waals surface area contributed by atoms with Gasteiger partial charge < -0.3 is 0 Å². The third-order valence-corrected chi connectivity index (χ3v) is 6.04. The van der Waals surface area contributed by atoms with Crippen molar-refractivity contribution in [1.29, 1.82) is 0 Å². The Hall–Kier alpha value is -4.51. The van der Waals surface area contributed by atoms with Crippen molar-refractivity contribution in [1.82, 2.24) is 24.1 Å². The van der Waals surface area contributed by atoms with E-state index in [1.165, 1.54) is 10.8 Å². The lowest BCUT2D eigenvalue weighted by Gasteiger charge is -2.11. The number of allylic oxidation sites excluding steroid dienone is 1. The molecule has 5 nitrogen and oxygen atoms in total. The number of para-hydroxylation sites is 1. The molecule has 0 bridgehead atoms. The predicted molar refractivity (Wildman–Crippen MR) is 136 cm³/mol. The molecule has 0 aliphatic heterocycles. The molecule has 0 saturated heterocycles. The lowest BCUT2D eigenvalue weighted by Crippen LogP contribution is -2.02. The van der Waals surface area contributed by atoms with E-state index in [0.29, 0.717) is 0 Å². The minimum atomic E-state index is 0.797. The van der Waals surface area contributed by atoms with Crippen LogP contribution in [0.15, 0.2) is 92.0 Å². The van der Waals surface area contributed by atoms with Crippen molar-refractivity contribution in [3.05, 3.63) is 103 Å². The van der Waals surface area contributed by atoms with Crippen molar-refractivity contribution in [2.75, 3.05) is 0 Å². The summed E-state index contributed by atoms with van der Waals surface area (Å²) in [5, 5.41) is 3.48. The molecule has 6 aromatic rings. The van der Waals surface area contributed by atoms with E-state index in [0.717, 1.165) is 44.8 Å². The van der Waals surface area contributed by atoms with Gasteiger partial charge >= 0.3 is 0 Å². The van der Waals surface area contributed by atoms with Crippen molar-refractivity contribution < 1.29 is 0 Å². The number of hydrogen-bond acceptors (Lipinski definition) is 3. The standard InChI is InChI=1S/C28H21N5/c1-3-9-19-21-13-14-22-20-10-5-6-11-24(20)33(25-12-7-8-16-30-25)28(22)27(21)32(23(19)4-2)26-15-17-29-18-31-26/h3-18H,2H2,1H3/b9-3-. The van der Waals surface area contributed by atoms with E-state index in [9.17, 15) is 0 Å². The molecule has 6 rings (SSSR count). The Labute approximate surface area is 191 Å². The lowest BCUT2D eigenvalue weighted by atomic mass is 10.1. The molecule has 0 aliphatic rings. The van der Waals surface area contributed by atoms with Gasteiger partial charge in [-0.3, -0.25) is 9.13 Å². The van der Waals surface area contributed by atoms with Gasteiger partial charge in [-0.25, -0.2) is 15.0 Å². The maximum Gasteiger partial charge on any atom is 0.141 e. The van der Waals surface area contributed by atoms with Crippen molar-refractivity contribution >= 4 is 44.9 Å². The summed E-state index contributed by atoms with van der Waals surface area (Å²) in [5.74, 6) is 1.67. The molecule has 0 atom stereocenters. The second kappa shape index (κ2) is 7.57. The quantitative estimate of drug-likeness (QED) is 0.319. The minimum Gasteiger partial charge on any atom is -0.292 e. The summed E-state index contributed by atoms with van der Waals surface area (Å²) in [4.78, 5) is 13.4. The summed E-state index contributed by atoms with van der Waals surface area (Å²) < 4.78 is 4.43. The molecule has 5 heteroatoms. The van der Waals surface area contributed by atoms with Crippen LogP contribution < -0.4 is 0 Å². The van der Waals surface area contributed by atoms with Crippen LogP contribution in [-0.4, -0.2) is 24.1 Å². The Morgan fingerprint density at radius 3 is 2.30 bits per heavy atom. The molecule has 0 amide bonds. The molecule has 0 radical (unpaired) electrons. The first kappa shape index (κ1) is 19.2. The fourth-order valence-electron chi connectivity index (χ4n) is 4.78. The number of hydrogen-bond donors (Lipinski definition) is 0. The Bertz CT molecular complexity index is 1670. The zero-order valence-corrected chi connectivity index (χ0v) is 18.2. The second-order valence-electron chi connectivity index (χ2n) is 7.80. The number of pyridine rings is 1. The first-order chi connectivity index (χ1) is 16.3. The molecule has 158 valence electrons. The average Bonchev–Trinajstić information content (AvgIpc) is 3.38. The predicted octanol–water partition coefficient (Wildman–Crippen LogP) is 6.59. The highest BCUT2D eigenvalue weighted by molar-refractivity contribution is 6.19. The van der Waals surface area contributed by atoms with Crippen LogP contribution in [0.2, 0.25) is 0 Å². The summed E-state index contributed by atoms with van der Waals surface area (Å²) >= 11 is 0. The third kappa shape index (κ3) is 2.76. The first-order valence-electron chi connectivity index (χ1n) is 10.9. The van der Waals surface area contributed by atoms with E-state index >= 15 is 0 Å². The van der Waals surface area contributed by atoms with E-state index in [4.69, 9.17) is 4.98 Å². The second-order valence-corrected chi connectivity index (χ2v) is 7.80. The van der Waals surface area contributed by atoms with E-state index < -0.39 is 0 Å². The zero-order chi connectivity index (χ0) is 22.4. The zero-order valence-electron chi connectivity index (χ0n) is 18.2. The molecule has 33 heavy (non-hydrogen) atoms. The largest absolute Gasteiger partial charge is 0.292 e. The number of rotatable bonds is 4. The molecular formula is C28H21N5. The van der Waals surface area contributed by atoms with Gasteiger partial charge in [-0.1, -0.05) is 55.1 Å². The highest BCUT2D eigenvalue weighted by atomic mass is 15.1. The number of fused-ring (bicyclic) bond motifs is 5. The molecule has 0 N–H and O–H groups in total. The fourth-order valence-corrected chi connectivity index (χ4v) is 4.78. The van der Waals surface area contributed by atoms with E-state index in [-0.39, 0.29) is 0 Å². The number of benzene rings is 2. The highest BCUT2D eigenvalue weighted by Crippen LogP contribution is 2.40. The molecular weight excluding hydrogens is 406 g/mol. The maximum absolute atomic E-state index is 4.71. The molecule has 4 heterocycles.